The third-order valence-electron chi connectivity index (χ3n) is 4.33. The average molecular weight is 348 g/mol. The van der Waals surface area contributed by atoms with E-state index >= 15 is 0 Å². The Morgan fingerprint density at radius 3 is 1.89 bits per heavy atom. The molecule has 0 spiro atoms. The Hall–Kier alpha value is -4.22. The van der Waals surface area contributed by atoms with Gasteiger partial charge in [0.05, 0.1) is 40.0 Å². The number of hydrogen-bond donors (Lipinski definition) is 0. The van der Waals surface area contributed by atoms with Gasteiger partial charge in [0.15, 0.2) is 0 Å². The van der Waals surface area contributed by atoms with Crippen LogP contribution in [0.1, 0.15) is 11.1 Å². The number of fused-ring (bicyclic) bond motifs is 1. The van der Waals surface area contributed by atoms with Crippen molar-refractivity contribution in [1.82, 2.24) is 9.78 Å². The van der Waals surface area contributed by atoms with Crippen molar-refractivity contribution in [3.8, 4) is 29.1 Å². The molecule has 0 atom stereocenters. The van der Waals surface area contributed by atoms with Gasteiger partial charge in [-0.25, -0.2) is 0 Å². The number of nitrogens with zero attached hydrogens (tertiary/aromatic N) is 4. The van der Waals surface area contributed by atoms with E-state index in [1.165, 1.54) is 4.68 Å². The molecule has 0 radical (unpaired) electrons. The monoisotopic (exact) mass is 348 g/mol. The molecule has 1 aromatic heterocycles. The minimum Gasteiger partial charge on any atom is -0.267 e. The molecule has 0 N–H and O–H groups in total. The number of hydrogen-bond acceptors (Lipinski definition) is 4. The molecule has 0 aliphatic rings. The molecule has 126 valence electrons. The second-order valence-electron chi connectivity index (χ2n) is 5.96. The Labute approximate surface area is 155 Å². The molecule has 4 rings (SSSR count). The van der Waals surface area contributed by atoms with Gasteiger partial charge in [0.2, 0.25) is 0 Å². The predicted octanol–water partition coefficient (Wildman–Crippen LogP) is 3.80. The van der Waals surface area contributed by atoms with E-state index in [-0.39, 0.29) is 5.56 Å². The second-order valence-corrected chi connectivity index (χ2v) is 5.96. The highest BCUT2D eigenvalue weighted by Crippen LogP contribution is 2.25. The van der Waals surface area contributed by atoms with Gasteiger partial charge in [-0.2, -0.15) is 20.3 Å². The van der Waals surface area contributed by atoms with Crippen LogP contribution in [0, 0.1) is 22.7 Å². The van der Waals surface area contributed by atoms with E-state index in [1.54, 1.807) is 42.5 Å². The van der Waals surface area contributed by atoms with Gasteiger partial charge in [-0.3, -0.25) is 4.79 Å². The van der Waals surface area contributed by atoms with E-state index in [9.17, 15) is 4.79 Å². The first-order valence-electron chi connectivity index (χ1n) is 8.24. The average Bonchev–Trinajstić information content (AvgIpc) is 2.74. The van der Waals surface area contributed by atoms with Crippen LogP contribution in [0.15, 0.2) is 77.6 Å². The topological polar surface area (TPSA) is 82.5 Å². The Morgan fingerprint density at radius 1 is 0.741 bits per heavy atom. The van der Waals surface area contributed by atoms with Crippen LogP contribution in [0.25, 0.3) is 27.7 Å². The molecule has 0 aliphatic carbocycles. The van der Waals surface area contributed by atoms with Gasteiger partial charge in [0, 0.05) is 10.9 Å². The summed E-state index contributed by atoms with van der Waals surface area (Å²) in [7, 11) is 0. The molecular weight excluding hydrogens is 336 g/mol. The van der Waals surface area contributed by atoms with Crippen molar-refractivity contribution in [3.63, 3.8) is 0 Å². The largest absolute Gasteiger partial charge is 0.279 e. The summed E-state index contributed by atoms with van der Waals surface area (Å²) in [6.45, 7) is 0. The first-order chi connectivity index (χ1) is 13.2. The molecule has 5 heteroatoms. The van der Waals surface area contributed by atoms with E-state index in [0.717, 1.165) is 10.9 Å². The Balaban J connectivity index is 2.00. The molecule has 0 aliphatic heterocycles. The van der Waals surface area contributed by atoms with Crippen molar-refractivity contribution in [2.75, 3.05) is 0 Å². The van der Waals surface area contributed by atoms with Crippen molar-refractivity contribution in [2.24, 2.45) is 0 Å². The van der Waals surface area contributed by atoms with Crippen molar-refractivity contribution in [3.05, 3.63) is 94.3 Å². The lowest BCUT2D eigenvalue weighted by Gasteiger charge is -2.11. The summed E-state index contributed by atoms with van der Waals surface area (Å²) in [5, 5.41) is 23.9. The van der Waals surface area contributed by atoms with Gasteiger partial charge in [-0.15, -0.1) is 0 Å². The zero-order valence-corrected chi connectivity index (χ0v) is 14.1. The number of benzene rings is 3. The van der Waals surface area contributed by atoms with E-state index in [0.29, 0.717) is 27.9 Å². The zero-order valence-electron chi connectivity index (χ0n) is 14.1. The zero-order chi connectivity index (χ0) is 18.8. The van der Waals surface area contributed by atoms with Gasteiger partial charge >= 0.3 is 0 Å². The number of aromatic nitrogens is 2. The van der Waals surface area contributed by atoms with Gasteiger partial charge in [-0.05, 0) is 42.5 Å². The predicted molar refractivity (Wildman–Crippen MR) is 102 cm³/mol. The van der Waals surface area contributed by atoms with E-state index < -0.39 is 0 Å². The lowest BCUT2D eigenvalue weighted by atomic mass is 10.0. The number of rotatable bonds is 2. The maximum absolute atomic E-state index is 13.0. The van der Waals surface area contributed by atoms with Crippen LogP contribution in [-0.2, 0) is 0 Å². The number of nitriles is 2. The lowest BCUT2D eigenvalue weighted by molar-refractivity contribution is 0.826. The summed E-state index contributed by atoms with van der Waals surface area (Å²) < 4.78 is 1.34. The third kappa shape index (κ3) is 2.84. The molecule has 27 heavy (non-hydrogen) atoms. The lowest BCUT2D eigenvalue weighted by Crippen LogP contribution is -2.22. The van der Waals surface area contributed by atoms with Crippen molar-refractivity contribution in [2.45, 2.75) is 0 Å². The molecule has 0 unspecified atom stereocenters. The molecular formula is C22H12N4O. The van der Waals surface area contributed by atoms with E-state index in [2.05, 4.69) is 17.2 Å². The van der Waals surface area contributed by atoms with Crippen LogP contribution >= 0.6 is 0 Å². The highest BCUT2D eigenvalue weighted by molar-refractivity contribution is 5.94. The molecule has 0 bridgehead atoms. The molecule has 3 aromatic carbocycles. The van der Waals surface area contributed by atoms with Gasteiger partial charge in [0.25, 0.3) is 5.56 Å². The van der Waals surface area contributed by atoms with Crippen LogP contribution in [0.5, 0.6) is 0 Å². The standard InChI is InChI=1S/C22H12N4O/c23-13-15-5-9-17(10-6-15)21-19-3-1-2-4-20(19)22(27)26(25-21)18-11-7-16(14-24)8-12-18/h1-12H. The van der Waals surface area contributed by atoms with Crippen molar-refractivity contribution < 1.29 is 0 Å². The minimum atomic E-state index is -0.229. The van der Waals surface area contributed by atoms with Crippen molar-refractivity contribution in [1.29, 1.82) is 10.5 Å². The first kappa shape index (κ1) is 16.3. The summed E-state index contributed by atoms with van der Waals surface area (Å²) >= 11 is 0. The SMILES string of the molecule is N#Cc1ccc(-c2nn(-c3ccc(C#N)cc3)c(=O)c3ccccc23)cc1. The first-order valence-corrected chi connectivity index (χ1v) is 8.24. The summed E-state index contributed by atoms with van der Waals surface area (Å²) in [4.78, 5) is 13.0. The Bertz CT molecular complexity index is 1290. The van der Waals surface area contributed by atoms with Gasteiger partial charge in [-0.1, -0.05) is 30.3 Å². The highest BCUT2D eigenvalue weighted by atomic mass is 16.1. The van der Waals surface area contributed by atoms with E-state index in [4.69, 9.17) is 10.5 Å². The molecule has 0 fully saturated rings. The van der Waals surface area contributed by atoms with Crippen molar-refractivity contribution >= 4 is 10.8 Å². The molecule has 5 nitrogen and oxygen atoms in total. The third-order valence-corrected chi connectivity index (χ3v) is 4.33. The van der Waals surface area contributed by atoms with Crippen LogP contribution < -0.4 is 5.56 Å². The fourth-order valence-corrected chi connectivity index (χ4v) is 2.96. The molecule has 0 saturated carbocycles. The van der Waals surface area contributed by atoms with Crippen LogP contribution in [0.4, 0.5) is 0 Å². The normalized spacial score (nSPS) is 10.3. The Kier molecular flexibility index (Phi) is 3.97. The van der Waals surface area contributed by atoms with Gasteiger partial charge in [0.1, 0.15) is 0 Å². The fraction of sp³-hybridized carbons (Fsp3) is 0. The molecule has 0 amide bonds. The summed E-state index contributed by atoms with van der Waals surface area (Å²) in [5.41, 5.74) is 2.89. The minimum absolute atomic E-state index is 0.229. The van der Waals surface area contributed by atoms with E-state index in [1.807, 2.05) is 30.3 Å². The van der Waals surface area contributed by atoms with Gasteiger partial charge < -0.3 is 0 Å². The maximum Gasteiger partial charge on any atom is 0.279 e. The van der Waals surface area contributed by atoms with Crippen LogP contribution in [0.2, 0.25) is 0 Å². The maximum atomic E-state index is 13.0. The summed E-state index contributed by atoms with van der Waals surface area (Å²) in [5.74, 6) is 0. The summed E-state index contributed by atoms with van der Waals surface area (Å²) in [6.07, 6.45) is 0. The fourth-order valence-electron chi connectivity index (χ4n) is 2.96. The molecule has 4 aromatic rings. The highest BCUT2D eigenvalue weighted by Gasteiger charge is 2.13. The molecule has 0 saturated heterocycles. The van der Waals surface area contributed by atoms with Crippen LogP contribution in [0.3, 0.4) is 0 Å². The second kappa shape index (κ2) is 6.59. The quantitative estimate of drug-likeness (QED) is 0.552. The summed E-state index contributed by atoms with van der Waals surface area (Å²) in [6, 6.07) is 25.3. The molecule has 1 heterocycles. The van der Waals surface area contributed by atoms with Crippen LogP contribution in [-0.4, -0.2) is 9.78 Å². The smallest absolute Gasteiger partial charge is 0.267 e. The Morgan fingerprint density at radius 2 is 1.30 bits per heavy atom.